The van der Waals surface area contributed by atoms with E-state index < -0.39 is 17.2 Å². The second kappa shape index (κ2) is 3.03. The maximum Gasteiger partial charge on any atom is 0.416 e. The van der Waals surface area contributed by atoms with Crippen molar-refractivity contribution >= 4 is 0 Å². The highest BCUT2D eigenvalue weighted by Crippen LogP contribution is 2.48. The van der Waals surface area contributed by atoms with Gasteiger partial charge in [0.25, 0.3) is 0 Å². The van der Waals surface area contributed by atoms with Gasteiger partial charge in [0.05, 0.1) is 11.0 Å². The molecule has 78 valence electrons. The first-order chi connectivity index (χ1) is 6.98. The van der Waals surface area contributed by atoms with E-state index in [1.54, 1.807) is 6.07 Å². The molecule has 0 amide bonds. The predicted molar refractivity (Wildman–Crippen MR) is 51.2 cm³/mol. The molecule has 0 aromatic heterocycles. The lowest BCUT2D eigenvalue weighted by Crippen LogP contribution is -2.08. The van der Waals surface area contributed by atoms with Crippen LogP contribution < -0.4 is 0 Å². The Bertz CT molecular complexity index is 419. The molecule has 1 aliphatic carbocycles. The molecule has 1 aromatic rings. The number of rotatable bonds is 1. The van der Waals surface area contributed by atoms with Crippen LogP contribution >= 0.6 is 0 Å². The number of alkyl halides is 3. The molecule has 0 spiro atoms. The van der Waals surface area contributed by atoms with E-state index in [0.717, 1.165) is 25.0 Å². The van der Waals surface area contributed by atoms with Crippen LogP contribution in [0.3, 0.4) is 0 Å². The Hall–Kier alpha value is -1.43. The fraction of sp³-hybridized carbons (Fsp3) is 0.333. The zero-order chi connectivity index (χ0) is 11.1. The molecule has 1 aromatic carbocycles. The zero-order valence-electron chi connectivity index (χ0n) is 7.93. The molecule has 0 nitrogen and oxygen atoms in total. The molecular weight excluding hydrogens is 201 g/mol. The van der Waals surface area contributed by atoms with Gasteiger partial charge in [0, 0.05) is 0 Å². The third kappa shape index (κ3) is 1.72. The van der Waals surface area contributed by atoms with E-state index in [2.05, 4.69) is 5.92 Å². The highest BCUT2D eigenvalue weighted by Gasteiger charge is 2.43. The number of benzene rings is 1. The monoisotopic (exact) mass is 210 g/mol. The number of halogens is 3. The maximum absolute atomic E-state index is 12.4. The first kappa shape index (κ1) is 10.1. The van der Waals surface area contributed by atoms with Gasteiger partial charge in [-0.05, 0) is 24.5 Å². The standard InChI is InChI=1S/C12H9F3/c1-2-11(6-7-11)9-4-3-5-10(8-9)12(13,14)15/h1,3-5,8H,6-7H2. The molecule has 0 bridgehead atoms. The van der Waals surface area contributed by atoms with Crippen molar-refractivity contribution in [2.24, 2.45) is 0 Å². The summed E-state index contributed by atoms with van der Waals surface area (Å²) in [5.74, 6) is 2.58. The largest absolute Gasteiger partial charge is 0.416 e. The van der Waals surface area contributed by atoms with Crippen molar-refractivity contribution in [1.29, 1.82) is 0 Å². The Morgan fingerprint density at radius 2 is 1.93 bits per heavy atom. The zero-order valence-corrected chi connectivity index (χ0v) is 7.93. The molecule has 1 aliphatic rings. The minimum Gasteiger partial charge on any atom is -0.166 e. The minimum absolute atomic E-state index is 0.429. The second-order valence-electron chi connectivity index (χ2n) is 3.81. The molecule has 0 aliphatic heterocycles. The summed E-state index contributed by atoms with van der Waals surface area (Å²) in [6.07, 6.45) is 2.60. The summed E-state index contributed by atoms with van der Waals surface area (Å²) in [4.78, 5) is 0. The van der Waals surface area contributed by atoms with Crippen LogP contribution in [0.1, 0.15) is 24.0 Å². The van der Waals surface area contributed by atoms with Gasteiger partial charge in [-0.3, -0.25) is 0 Å². The lowest BCUT2D eigenvalue weighted by Gasteiger charge is -2.11. The Kier molecular flexibility index (Phi) is 2.04. The van der Waals surface area contributed by atoms with Gasteiger partial charge in [-0.1, -0.05) is 24.1 Å². The van der Waals surface area contributed by atoms with Gasteiger partial charge >= 0.3 is 6.18 Å². The van der Waals surface area contributed by atoms with Crippen LogP contribution in [0.5, 0.6) is 0 Å². The Labute approximate surface area is 86.1 Å². The third-order valence-corrected chi connectivity index (χ3v) is 2.77. The van der Waals surface area contributed by atoms with Crippen molar-refractivity contribution < 1.29 is 13.2 Å². The average Bonchev–Trinajstić information content (AvgIpc) is 2.97. The molecule has 15 heavy (non-hydrogen) atoms. The first-order valence-electron chi connectivity index (χ1n) is 4.63. The molecule has 1 fully saturated rings. The highest BCUT2D eigenvalue weighted by atomic mass is 19.4. The molecule has 0 unspecified atom stereocenters. The average molecular weight is 210 g/mol. The molecule has 1 saturated carbocycles. The van der Waals surface area contributed by atoms with Crippen LogP contribution in [0.15, 0.2) is 24.3 Å². The maximum atomic E-state index is 12.4. The Balaban J connectivity index is 2.41. The van der Waals surface area contributed by atoms with Gasteiger partial charge in [-0.15, -0.1) is 6.42 Å². The molecule has 0 atom stereocenters. The quantitative estimate of drug-likeness (QED) is 0.623. The summed E-state index contributed by atoms with van der Waals surface area (Å²) < 4.78 is 37.3. The topological polar surface area (TPSA) is 0 Å². The molecular formula is C12H9F3. The van der Waals surface area contributed by atoms with Crippen molar-refractivity contribution in [2.45, 2.75) is 24.4 Å². The molecule has 0 radical (unpaired) electrons. The van der Waals surface area contributed by atoms with Crippen LogP contribution in [0.4, 0.5) is 13.2 Å². The number of hydrogen-bond donors (Lipinski definition) is 0. The lowest BCUT2D eigenvalue weighted by molar-refractivity contribution is -0.137. The number of hydrogen-bond acceptors (Lipinski definition) is 0. The van der Waals surface area contributed by atoms with Crippen molar-refractivity contribution in [3.8, 4) is 12.3 Å². The Morgan fingerprint density at radius 1 is 1.27 bits per heavy atom. The normalized spacial score (nSPS) is 18.3. The van der Waals surface area contributed by atoms with Gasteiger partial charge in [0.2, 0.25) is 0 Å². The highest BCUT2D eigenvalue weighted by molar-refractivity contribution is 5.42. The van der Waals surface area contributed by atoms with Crippen molar-refractivity contribution in [3.05, 3.63) is 35.4 Å². The molecule has 0 N–H and O–H groups in total. The lowest BCUT2D eigenvalue weighted by atomic mass is 9.95. The van der Waals surface area contributed by atoms with Gasteiger partial charge < -0.3 is 0 Å². The van der Waals surface area contributed by atoms with Gasteiger partial charge in [-0.2, -0.15) is 13.2 Å². The molecule has 3 heteroatoms. The van der Waals surface area contributed by atoms with Crippen molar-refractivity contribution in [2.75, 3.05) is 0 Å². The summed E-state index contributed by atoms with van der Waals surface area (Å²) in [6, 6.07) is 5.31. The first-order valence-corrected chi connectivity index (χ1v) is 4.63. The van der Waals surface area contributed by atoms with Crippen molar-refractivity contribution in [1.82, 2.24) is 0 Å². The van der Waals surface area contributed by atoms with Gasteiger partial charge in [-0.25, -0.2) is 0 Å². The van der Waals surface area contributed by atoms with E-state index in [0.29, 0.717) is 5.56 Å². The summed E-state index contributed by atoms with van der Waals surface area (Å²) >= 11 is 0. The van der Waals surface area contributed by atoms with E-state index >= 15 is 0 Å². The van der Waals surface area contributed by atoms with E-state index in [9.17, 15) is 13.2 Å². The summed E-state index contributed by atoms with van der Waals surface area (Å²) in [5, 5.41) is 0. The fourth-order valence-corrected chi connectivity index (χ4v) is 1.63. The summed E-state index contributed by atoms with van der Waals surface area (Å²) in [5.41, 5.74) is -0.442. The van der Waals surface area contributed by atoms with Crippen LogP contribution in [-0.2, 0) is 11.6 Å². The van der Waals surface area contributed by atoms with Gasteiger partial charge in [0.15, 0.2) is 0 Å². The molecule has 0 heterocycles. The van der Waals surface area contributed by atoms with Crippen LogP contribution in [-0.4, -0.2) is 0 Å². The summed E-state index contributed by atoms with van der Waals surface area (Å²) in [7, 11) is 0. The van der Waals surface area contributed by atoms with E-state index in [1.165, 1.54) is 6.07 Å². The second-order valence-corrected chi connectivity index (χ2v) is 3.81. The van der Waals surface area contributed by atoms with Crippen LogP contribution in [0, 0.1) is 12.3 Å². The third-order valence-electron chi connectivity index (χ3n) is 2.77. The number of terminal acetylenes is 1. The van der Waals surface area contributed by atoms with Crippen LogP contribution in [0.25, 0.3) is 0 Å². The smallest absolute Gasteiger partial charge is 0.166 e. The van der Waals surface area contributed by atoms with E-state index in [-0.39, 0.29) is 0 Å². The SMILES string of the molecule is C#CC1(c2cccc(C(F)(F)F)c2)CC1. The molecule has 0 saturated heterocycles. The Morgan fingerprint density at radius 3 is 2.40 bits per heavy atom. The predicted octanol–water partition coefficient (Wildman–Crippen LogP) is 3.37. The summed E-state index contributed by atoms with van der Waals surface area (Å²) in [6.45, 7) is 0. The molecule has 2 rings (SSSR count). The van der Waals surface area contributed by atoms with Crippen molar-refractivity contribution in [3.63, 3.8) is 0 Å². The van der Waals surface area contributed by atoms with Crippen LogP contribution in [0.2, 0.25) is 0 Å². The van der Waals surface area contributed by atoms with E-state index in [4.69, 9.17) is 6.42 Å². The minimum atomic E-state index is -4.29. The fourth-order valence-electron chi connectivity index (χ4n) is 1.63. The van der Waals surface area contributed by atoms with E-state index in [1.807, 2.05) is 0 Å². The van der Waals surface area contributed by atoms with Gasteiger partial charge in [0.1, 0.15) is 0 Å².